The van der Waals surface area contributed by atoms with Gasteiger partial charge in [-0.05, 0) is 35.7 Å². The molecule has 0 amide bonds. The zero-order chi connectivity index (χ0) is 13.1. The van der Waals surface area contributed by atoms with E-state index in [4.69, 9.17) is 17.3 Å². The smallest absolute Gasteiger partial charge is 0.129 e. The van der Waals surface area contributed by atoms with Crippen molar-refractivity contribution in [2.45, 2.75) is 19.4 Å². The molecule has 2 nitrogen and oxygen atoms in total. The highest BCUT2D eigenvalue weighted by Crippen LogP contribution is 2.30. The lowest BCUT2D eigenvalue weighted by molar-refractivity contribution is 0.599. The molecule has 0 spiro atoms. The van der Waals surface area contributed by atoms with E-state index in [1.54, 1.807) is 24.5 Å². The fourth-order valence-electron chi connectivity index (χ4n) is 2.00. The molecule has 4 heteroatoms. The number of hydrogen-bond acceptors (Lipinski definition) is 2. The van der Waals surface area contributed by atoms with Gasteiger partial charge < -0.3 is 5.73 Å². The molecule has 2 aromatic rings. The highest BCUT2D eigenvalue weighted by molar-refractivity contribution is 6.31. The molecule has 18 heavy (non-hydrogen) atoms. The molecule has 0 aliphatic rings. The van der Waals surface area contributed by atoms with Crippen LogP contribution in [0.25, 0.3) is 0 Å². The molecule has 0 aliphatic heterocycles. The van der Waals surface area contributed by atoms with E-state index >= 15 is 0 Å². The highest BCUT2D eigenvalue weighted by Gasteiger charge is 2.19. The topological polar surface area (TPSA) is 38.9 Å². The van der Waals surface area contributed by atoms with Gasteiger partial charge in [0.2, 0.25) is 0 Å². The number of pyridine rings is 1. The molecule has 1 aromatic carbocycles. The van der Waals surface area contributed by atoms with Crippen molar-refractivity contribution in [3.05, 3.63) is 64.2 Å². The van der Waals surface area contributed by atoms with E-state index in [0.717, 1.165) is 17.5 Å². The van der Waals surface area contributed by atoms with Crippen molar-refractivity contribution < 1.29 is 4.39 Å². The Hall–Kier alpha value is -1.45. The average molecular weight is 265 g/mol. The zero-order valence-electron chi connectivity index (χ0n) is 10.0. The third kappa shape index (κ3) is 2.37. The van der Waals surface area contributed by atoms with Crippen LogP contribution in [0.4, 0.5) is 4.39 Å². The Morgan fingerprint density at radius 2 is 2.17 bits per heavy atom. The predicted octanol–water partition coefficient (Wildman–Crippen LogP) is 3.48. The van der Waals surface area contributed by atoms with Crippen molar-refractivity contribution in [3.63, 3.8) is 0 Å². The number of nitrogens with zero attached hydrogens (tertiary/aromatic N) is 1. The van der Waals surface area contributed by atoms with Crippen LogP contribution >= 0.6 is 11.6 Å². The third-order valence-corrected chi connectivity index (χ3v) is 3.30. The lowest BCUT2D eigenvalue weighted by atomic mass is 9.95. The molecule has 94 valence electrons. The molecule has 0 radical (unpaired) electrons. The standard InChI is InChI=1S/C14H14ClFN2/c1-2-9-8-18-7-6-10(9)14(17)13-11(15)4-3-5-12(13)16/h3-8,14H,2,17H2,1H3. The molecule has 0 bridgehead atoms. The Morgan fingerprint density at radius 3 is 2.83 bits per heavy atom. The van der Waals surface area contributed by atoms with E-state index < -0.39 is 6.04 Å². The average Bonchev–Trinajstić information content (AvgIpc) is 2.38. The molecular formula is C14H14ClFN2. The number of rotatable bonds is 3. The first-order valence-corrected chi connectivity index (χ1v) is 6.15. The molecule has 2 N–H and O–H groups in total. The van der Waals surface area contributed by atoms with Crippen LogP contribution in [-0.4, -0.2) is 4.98 Å². The molecule has 1 aromatic heterocycles. The van der Waals surface area contributed by atoms with E-state index in [0.29, 0.717) is 10.6 Å². The Morgan fingerprint density at radius 1 is 1.39 bits per heavy atom. The summed E-state index contributed by atoms with van der Waals surface area (Å²) in [6.07, 6.45) is 4.20. The van der Waals surface area contributed by atoms with Crippen molar-refractivity contribution in [2.24, 2.45) is 5.73 Å². The summed E-state index contributed by atoms with van der Waals surface area (Å²) in [7, 11) is 0. The molecule has 1 atom stereocenters. The van der Waals surface area contributed by atoms with Gasteiger partial charge in [0.1, 0.15) is 5.82 Å². The lowest BCUT2D eigenvalue weighted by Gasteiger charge is -2.17. The maximum absolute atomic E-state index is 13.8. The first-order valence-electron chi connectivity index (χ1n) is 5.77. The van der Waals surface area contributed by atoms with E-state index in [1.807, 2.05) is 13.0 Å². The van der Waals surface area contributed by atoms with Crippen LogP contribution in [0.1, 0.15) is 29.7 Å². The van der Waals surface area contributed by atoms with Crippen LogP contribution in [0.3, 0.4) is 0 Å². The van der Waals surface area contributed by atoms with E-state index in [2.05, 4.69) is 4.98 Å². The van der Waals surface area contributed by atoms with Gasteiger partial charge in [0.15, 0.2) is 0 Å². The Labute approximate surface area is 111 Å². The summed E-state index contributed by atoms with van der Waals surface area (Å²) < 4.78 is 13.8. The van der Waals surface area contributed by atoms with E-state index in [1.165, 1.54) is 6.07 Å². The monoisotopic (exact) mass is 264 g/mol. The molecule has 2 rings (SSSR count). The van der Waals surface area contributed by atoms with Crippen LogP contribution < -0.4 is 5.73 Å². The summed E-state index contributed by atoms with van der Waals surface area (Å²) in [5.41, 5.74) is 8.34. The van der Waals surface area contributed by atoms with Crippen LogP contribution in [-0.2, 0) is 6.42 Å². The van der Waals surface area contributed by atoms with Crippen LogP contribution in [0.5, 0.6) is 0 Å². The van der Waals surface area contributed by atoms with Crippen molar-refractivity contribution in [2.75, 3.05) is 0 Å². The van der Waals surface area contributed by atoms with Crippen LogP contribution in [0.2, 0.25) is 5.02 Å². The molecular weight excluding hydrogens is 251 g/mol. The summed E-state index contributed by atoms with van der Waals surface area (Å²) >= 11 is 6.03. The summed E-state index contributed by atoms with van der Waals surface area (Å²) in [6.45, 7) is 2.01. The summed E-state index contributed by atoms with van der Waals surface area (Å²) in [4.78, 5) is 4.05. The van der Waals surface area contributed by atoms with Crippen LogP contribution in [0.15, 0.2) is 36.7 Å². The van der Waals surface area contributed by atoms with E-state index in [-0.39, 0.29) is 5.82 Å². The second-order valence-electron chi connectivity index (χ2n) is 4.04. The number of hydrogen-bond donors (Lipinski definition) is 1. The molecule has 0 saturated heterocycles. The predicted molar refractivity (Wildman–Crippen MR) is 71.1 cm³/mol. The van der Waals surface area contributed by atoms with Gasteiger partial charge in [0.25, 0.3) is 0 Å². The van der Waals surface area contributed by atoms with Crippen LogP contribution in [0, 0.1) is 5.82 Å². The first kappa shape index (κ1) is 13.0. The van der Waals surface area contributed by atoms with Gasteiger partial charge >= 0.3 is 0 Å². The quantitative estimate of drug-likeness (QED) is 0.922. The van der Waals surface area contributed by atoms with Gasteiger partial charge in [-0.15, -0.1) is 0 Å². The molecule has 0 fully saturated rings. The van der Waals surface area contributed by atoms with Gasteiger partial charge in [-0.25, -0.2) is 4.39 Å². The number of benzene rings is 1. The second-order valence-corrected chi connectivity index (χ2v) is 4.45. The largest absolute Gasteiger partial charge is 0.320 e. The Kier molecular flexibility index (Phi) is 3.94. The normalized spacial score (nSPS) is 12.4. The fraction of sp³-hybridized carbons (Fsp3) is 0.214. The van der Waals surface area contributed by atoms with Gasteiger partial charge in [-0.3, -0.25) is 4.98 Å². The molecule has 1 unspecified atom stereocenters. The maximum Gasteiger partial charge on any atom is 0.129 e. The number of aryl methyl sites for hydroxylation is 1. The Bertz CT molecular complexity index is 537. The summed E-state index contributed by atoms with van der Waals surface area (Å²) in [5, 5.41) is 0.348. The van der Waals surface area contributed by atoms with Gasteiger partial charge in [-0.2, -0.15) is 0 Å². The molecule has 0 saturated carbocycles. The van der Waals surface area contributed by atoms with Gasteiger partial charge in [0, 0.05) is 23.0 Å². The first-order chi connectivity index (χ1) is 8.65. The molecule has 0 aliphatic carbocycles. The number of aromatic nitrogens is 1. The lowest BCUT2D eigenvalue weighted by Crippen LogP contribution is -2.16. The summed E-state index contributed by atoms with van der Waals surface area (Å²) in [6, 6.07) is 5.82. The number of nitrogens with two attached hydrogens (primary N) is 1. The Balaban J connectivity index is 2.51. The minimum absolute atomic E-state index is 0.333. The fourth-order valence-corrected chi connectivity index (χ4v) is 2.28. The van der Waals surface area contributed by atoms with Crippen molar-refractivity contribution in [1.29, 1.82) is 0 Å². The zero-order valence-corrected chi connectivity index (χ0v) is 10.8. The molecule has 1 heterocycles. The number of halogens is 2. The van der Waals surface area contributed by atoms with Gasteiger partial charge in [0.05, 0.1) is 6.04 Å². The van der Waals surface area contributed by atoms with Crippen molar-refractivity contribution in [1.82, 2.24) is 4.98 Å². The minimum atomic E-state index is -0.573. The van der Waals surface area contributed by atoms with Gasteiger partial charge in [-0.1, -0.05) is 24.6 Å². The second kappa shape index (κ2) is 5.46. The van der Waals surface area contributed by atoms with Crippen molar-refractivity contribution in [3.8, 4) is 0 Å². The SMILES string of the molecule is CCc1cnccc1C(N)c1c(F)cccc1Cl. The summed E-state index contributed by atoms with van der Waals surface area (Å²) in [5.74, 6) is -0.381. The third-order valence-electron chi connectivity index (χ3n) is 2.97. The van der Waals surface area contributed by atoms with Crippen molar-refractivity contribution >= 4 is 11.6 Å². The minimum Gasteiger partial charge on any atom is -0.320 e. The maximum atomic E-state index is 13.8. The van der Waals surface area contributed by atoms with E-state index in [9.17, 15) is 4.39 Å². The highest BCUT2D eigenvalue weighted by atomic mass is 35.5.